The van der Waals surface area contributed by atoms with Crippen LogP contribution < -0.4 is 5.73 Å². The van der Waals surface area contributed by atoms with Crippen molar-refractivity contribution >= 4 is 21.8 Å². The highest BCUT2D eigenvalue weighted by Gasteiger charge is 2.10. The molecule has 0 saturated carbocycles. The van der Waals surface area contributed by atoms with Gasteiger partial charge in [-0.1, -0.05) is 0 Å². The molecule has 0 heterocycles. The Bertz CT molecular complexity index is 340. The van der Waals surface area contributed by atoms with Crippen LogP contribution in [0.4, 0.5) is 4.39 Å². The second-order valence-electron chi connectivity index (χ2n) is 2.15. The van der Waals surface area contributed by atoms with E-state index in [1.54, 1.807) is 0 Å². The molecule has 3 nitrogen and oxygen atoms in total. The van der Waals surface area contributed by atoms with Crippen LogP contribution in [0, 0.1) is 5.82 Å². The fraction of sp³-hybridized carbons (Fsp3) is 0. The first-order valence-corrected chi connectivity index (χ1v) is 3.79. The van der Waals surface area contributed by atoms with Crippen LogP contribution in [0.5, 0.6) is 5.75 Å². The molecule has 0 bridgehead atoms. The Hall–Kier alpha value is -1.10. The van der Waals surface area contributed by atoms with E-state index in [0.29, 0.717) is 0 Å². The van der Waals surface area contributed by atoms with E-state index >= 15 is 0 Å². The predicted molar refractivity (Wildman–Crippen MR) is 44.3 cm³/mol. The number of phenols is 1. The van der Waals surface area contributed by atoms with Gasteiger partial charge in [0.05, 0.1) is 5.56 Å². The third-order valence-electron chi connectivity index (χ3n) is 1.30. The topological polar surface area (TPSA) is 63.3 Å². The van der Waals surface area contributed by atoms with Gasteiger partial charge in [0.25, 0.3) is 0 Å². The molecule has 64 valence electrons. The summed E-state index contributed by atoms with van der Waals surface area (Å²) in [5.41, 5.74) is 4.98. The van der Waals surface area contributed by atoms with Gasteiger partial charge in [-0.15, -0.1) is 0 Å². The number of amides is 1. The molecular weight excluding hydrogens is 229 g/mol. The lowest BCUT2D eigenvalue weighted by molar-refractivity contribution is 0.0999. The molecule has 3 N–H and O–H groups in total. The largest absolute Gasteiger partial charge is 0.505 e. The first-order chi connectivity index (χ1) is 5.52. The van der Waals surface area contributed by atoms with Gasteiger partial charge in [0.15, 0.2) is 11.6 Å². The van der Waals surface area contributed by atoms with E-state index in [4.69, 9.17) is 10.8 Å². The number of hydrogen-bond donors (Lipinski definition) is 2. The smallest absolute Gasteiger partial charge is 0.249 e. The van der Waals surface area contributed by atoms with Crippen LogP contribution in [0.1, 0.15) is 10.4 Å². The van der Waals surface area contributed by atoms with Gasteiger partial charge < -0.3 is 10.8 Å². The summed E-state index contributed by atoms with van der Waals surface area (Å²) in [5, 5.41) is 8.87. The molecular formula is C7H5BrFNO2. The zero-order valence-electron chi connectivity index (χ0n) is 5.84. The number of nitrogens with two attached hydrogens (primary N) is 1. The molecule has 0 unspecified atom stereocenters. The standard InChI is InChI=1S/C7H5BrFNO2/c8-4-2-5(9)6(11)1-3(4)7(10)12/h1-2,11H,(H2,10,12). The van der Waals surface area contributed by atoms with Gasteiger partial charge in [0.1, 0.15) is 0 Å². The van der Waals surface area contributed by atoms with Crippen LogP contribution in [-0.4, -0.2) is 11.0 Å². The zero-order valence-corrected chi connectivity index (χ0v) is 7.43. The Morgan fingerprint density at radius 3 is 2.67 bits per heavy atom. The molecule has 1 amide bonds. The van der Waals surface area contributed by atoms with Crippen molar-refractivity contribution in [1.82, 2.24) is 0 Å². The fourth-order valence-corrected chi connectivity index (χ4v) is 1.24. The second-order valence-corrected chi connectivity index (χ2v) is 3.00. The minimum atomic E-state index is -0.799. The van der Waals surface area contributed by atoms with Crippen LogP contribution in [-0.2, 0) is 0 Å². The Morgan fingerprint density at radius 1 is 1.58 bits per heavy atom. The predicted octanol–water partition coefficient (Wildman–Crippen LogP) is 1.39. The SMILES string of the molecule is NC(=O)c1cc(O)c(F)cc1Br. The molecule has 1 aromatic rings. The summed E-state index contributed by atoms with van der Waals surface area (Å²) < 4.78 is 12.8. The first-order valence-electron chi connectivity index (χ1n) is 3.00. The summed E-state index contributed by atoms with van der Waals surface area (Å²) in [6.45, 7) is 0. The van der Waals surface area contributed by atoms with Crippen LogP contribution in [0.2, 0.25) is 0 Å². The van der Waals surface area contributed by atoms with Crippen LogP contribution in [0.25, 0.3) is 0 Å². The molecule has 1 rings (SSSR count). The molecule has 0 atom stereocenters. The van der Waals surface area contributed by atoms with E-state index in [9.17, 15) is 9.18 Å². The molecule has 0 aliphatic heterocycles. The number of halogens is 2. The number of phenolic OH excluding ortho intramolecular Hbond substituents is 1. The number of rotatable bonds is 1. The van der Waals surface area contributed by atoms with Gasteiger partial charge in [-0.3, -0.25) is 4.79 Å². The third-order valence-corrected chi connectivity index (χ3v) is 1.96. The molecule has 0 spiro atoms. The second kappa shape index (κ2) is 3.10. The van der Waals surface area contributed by atoms with Crippen molar-refractivity contribution in [3.8, 4) is 5.75 Å². The average Bonchev–Trinajstić information content (AvgIpc) is 1.96. The van der Waals surface area contributed by atoms with Crippen molar-refractivity contribution in [3.05, 3.63) is 28.0 Å². The summed E-state index contributed by atoms with van der Waals surface area (Å²) in [6, 6.07) is 1.96. The summed E-state index contributed by atoms with van der Waals surface area (Å²) in [5.74, 6) is -2.11. The van der Waals surface area contributed by atoms with Gasteiger partial charge in [0, 0.05) is 4.47 Å². The highest BCUT2D eigenvalue weighted by atomic mass is 79.9. The Kier molecular flexibility index (Phi) is 2.32. The Labute approximate surface area is 76.1 Å². The number of carbonyl (C=O) groups excluding carboxylic acids is 1. The van der Waals surface area contributed by atoms with Crippen molar-refractivity contribution in [3.63, 3.8) is 0 Å². The van der Waals surface area contributed by atoms with E-state index in [2.05, 4.69) is 15.9 Å². The lowest BCUT2D eigenvalue weighted by Gasteiger charge is -2.01. The fourth-order valence-electron chi connectivity index (χ4n) is 0.726. The quantitative estimate of drug-likeness (QED) is 0.771. The minimum Gasteiger partial charge on any atom is -0.505 e. The van der Waals surface area contributed by atoms with Gasteiger partial charge in [-0.2, -0.15) is 0 Å². The average molecular weight is 234 g/mol. The summed E-state index contributed by atoms with van der Waals surface area (Å²) in [4.78, 5) is 10.6. The summed E-state index contributed by atoms with van der Waals surface area (Å²) in [6.07, 6.45) is 0. The van der Waals surface area contributed by atoms with Crippen molar-refractivity contribution in [2.24, 2.45) is 5.73 Å². The van der Waals surface area contributed by atoms with E-state index in [1.165, 1.54) is 0 Å². The number of hydrogen-bond acceptors (Lipinski definition) is 2. The first kappa shape index (κ1) is 8.99. The van der Waals surface area contributed by atoms with E-state index < -0.39 is 17.5 Å². The maximum absolute atomic E-state index is 12.6. The maximum Gasteiger partial charge on any atom is 0.249 e. The highest BCUT2D eigenvalue weighted by Crippen LogP contribution is 2.24. The summed E-state index contributed by atoms with van der Waals surface area (Å²) >= 11 is 2.93. The number of carbonyl (C=O) groups is 1. The lowest BCUT2D eigenvalue weighted by Crippen LogP contribution is -2.11. The monoisotopic (exact) mass is 233 g/mol. The van der Waals surface area contributed by atoms with Gasteiger partial charge in [-0.25, -0.2) is 4.39 Å². The van der Waals surface area contributed by atoms with Gasteiger partial charge >= 0.3 is 0 Å². The lowest BCUT2D eigenvalue weighted by atomic mass is 10.2. The number of benzene rings is 1. The van der Waals surface area contributed by atoms with Gasteiger partial charge in [-0.05, 0) is 28.1 Å². The summed E-state index contributed by atoms with van der Waals surface area (Å²) in [7, 11) is 0. The molecule has 1 aromatic carbocycles. The zero-order chi connectivity index (χ0) is 9.30. The molecule has 0 fully saturated rings. The number of primary amides is 1. The molecule has 0 aliphatic carbocycles. The molecule has 5 heteroatoms. The van der Waals surface area contributed by atoms with Crippen LogP contribution >= 0.6 is 15.9 Å². The van der Waals surface area contributed by atoms with E-state index in [-0.39, 0.29) is 10.0 Å². The maximum atomic E-state index is 12.6. The van der Waals surface area contributed by atoms with Gasteiger partial charge in [0.2, 0.25) is 5.91 Å². The van der Waals surface area contributed by atoms with E-state index in [1.807, 2.05) is 0 Å². The molecule has 0 aromatic heterocycles. The molecule has 0 saturated heterocycles. The van der Waals surface area contributed by atoms with Crippen molar-refractivity contribution in [1.29, 1.82) is 0 Å². The molecule has 0 radical (unpaired) electrons. The van der Waals surface area contributed by atoms with Crippen molar-refractivity contribution in [2.45, 2.75) is 0 Å². The Morgan fingerprint density at radius 2 is 2.17 bits per heavy atom. The van der Waals surface area contributed by atoms with Crippen LogP contribution in [0.3, 0.4) is 0 Å². The van der Waals surface area contributed by atoms with E-state index in [0.717, 1.165) is 12.1 Å². The van der Waals surface area contributed by atoms with Crippen molar-refractivity contribution in [2.75, 3.05) is 0 Å². The van der Waals surface area contributed by atoms with Crippen LogP contribution in [0.15, 0.2) is 16.6 Å². The third kappa shape index (κ3) is 1.55. The number of aromatic hydroxyl groups is 1. The molecule has 12 heavy (non-hydrogen) atoms. The minimum absolute atomic E-state index is 0.0499. The molecule has 0 aliphatic rings. The normalized spacial score (nSPS) is 9.83. The van der Waals surface area contributed by atoms with Crippen molar-refractivity contribution < 1.29 is 14.3 Å². The highest BCUT2D eigenvalue weighted by molar-refractivity contribution is 9.10. The Balaban J connectivity index is 3.33.